The zero-order valence-corrected chi connectivity index (χ0v) is 23.6. The summed E-state index contributed by atoms with van der Waals surface area (Å²) in [6.45, 7) is 8.75. The van der Waals surface area contributed by atoms with Gasteiger partial charge in [-0.2, -0.15) is 0 Å². The molecule has 0 spiro atoms. The summed E-state index contributed by atoms with van der Waals surface area (Å²) >= 11 is 0. The van der Waals surface area contributed by atoms with Crippen LogP contribution in [0.25, 0.3) is 0 Å². The number of rotatable bonds is 15. The molecule has 2 amide bonds. The fraction of sp³-hybridized carbons (Fsp3) is 0.452. The third-order valence-corrected chi connectivity index (χ3v) is 5.46. The molecular weight excluding hydrogens is 496 g/mol. The Morgan fingerprint density at radius 3 is 2.15 bits per heavy atom. The molecule has 0 bridgehead atoms. The van der Waals surface area contributed by atoms with Gasteiger partial charge in [-0.15, -0.1) is 0 Å². The molecule has 39 heavy (non-hydrogen) atoms. The van der Waals surface area contributed by atoms with E-state index in [0.29, 0.717) is 26.2 Å². The van der Waals surface area contributed by atoms with E-state index in [1.807, 2.05) is 66.7 Å². The molecule has 1 atom stereocenters. The SMILES string of the molecule is CCOC(=O)C(NC(=O)OC(C)(C)C)C(=O)N(CC/C=C\CCCOCc1ccccc1)Cc1ccccc1. The molecule has 0 aromatic heterocycles. The third-order valence-electron chi connectivity index (χ3n) is 5.46. The smallest absolute Gasteiger partial charge is 0.408 e. The zero-order valence-electron chi connectivity index (χ0n) is 23.6. The predicted octanol–water partition coefficient (Wildman–Crippen LogP) is 5.41. The lowest BCUT2D eigenvalue weighted by molar-refractivity contribution is -0.152. The van der Waals surface area contributed by atoms with Gasteiger partial charge in [-0.25, -0.2) is 9.59 Å². The molecule has 0 aliphatic heterocycles. The molecule has 2 aromatic carbocycles. The molecule has 0 saturated heterocycles. The van der Waals surface area contributed by atoms with Crippen molar-refractivity contribution in [2.24, 2.45) is 0 Å². The molecule has 0 aliphatic rings. The highest BCUT2D eigenvalue weighted by molar-refractivity contribution is 6.04. The van der Waals surface area contributed by atoms with Crippen LogP contribution < -0.4 is 5.32 Å². The van der Waals surface area contributed by atoms with E-state index in [1.54, 1.807) is 32.6 Å². The van der Waals surface area contributed by atoms with Gasteiger partial charge in [-0.1, -0.05) is 72.8 Å². The number of nitrogens with zero attached hydrogens (tertiary/aromatic N) is 1. The van der Waals surface area contributed by atoms with Crippen LogP contribution in [0.4, 0.5) is 4.79 Å². The first-order chi connectivity index (χ1) is 18.7. The van der Waals surface area contributed by atoms with Crippen molar-refractivity contribution in [3.63, 3.8) is 0 Å². The van der Waals surface area contributed by atoms with E-state index in [2.05, 4.69) is 11.4 Å². The molecule has 1 unspecified atom stereocenters. The first kappa shape index (κ1) is 31.6. The lowest BCUT2D eigenvalue weighted by Gasteiger charge is -2.28. The average Bonchev–Trinajstić information content (AvgIpc) is 2.90. The topological polar surface area (TPSA) is 94.2 Å². The van der Waals surface area contributed by atoms with E-state index < -0.39 is 29.6 Å². The van der Waals surface area contributed by atoms with Crippen LogP contribution in [-0.4, -0.2) is 54.3 Å². The highest BCUT2D eigenvalue weighted by atomic mass is 16.6. The number of ether oxygens (including phenoxy) is 3. The number of esters is 1. The number of unbranched alkanes of at least 4 members (excludes halogenated alkanes) is 1. The number of hydrogen-bond donors (Lipinski definition) is 1. The van der Waals surface area contributed by atoms with E-state index >= 15 is 0 Å². The normalized spacial score (nSPS) is 12.1. The molecule has 2 rings (SSSR count). The molecule has 0 heterocycles. The maximum atomic E-state index is 13.5. The van der Waals surface area contributed by atoms with Crippen LogP contribution in [0.3, 0.4) is 0 Å². The van der Waals surface area contributed by atoms with Gasteiger partial charge in [0.05, 0.1) is 13.2 Å². The number of hydrogen-bond acceptors (Lipinski definition) is 6. The average molecular weight is 539 g/mol. The molecule has 0 saturated carbocycles. The monoisotopic (exact) mass is 538 g/mol. The van der Waals surface area contributed by atoms with Crippen LogP contribution >= 0.6 is 0 Å². The minimum atomic E-state index is -1.51. The van der Waals surface area contributed by atoms with Crippen molar-refractivity contribution in [1.29, 1.82) is 0 Å². The summed E-state index contributed by atoms with van der Waals surface area (Å²) in [4.78, 5) is 40.2. The Morgan fingerprint density at radius 1 is 0.923 bits per heavy atom. The predicted molar refractivity (Wildman–Crippen MR) is 151 cm³/mol. The lowest BCUT2D eigenvalue weighted by atomic mass is 10.1. The standard InChI is InChI=1S/C31H42N2O6/c1-5-38-29(35)27(32-30(36)39-31(2,3)4)28(34)33(23-25-17-11-9-12-18-25)21-15-7-6-8-16-22-37-24-26-19-13-10-14-20-26/h6-7,9-14,17-20,27H,5,8,15-16,21-24H2,1-4H3,(H,32,36)/b7-6-. The van der Waals surface area contributed by atoms with Crippen LogP contribution in [0.15, 0.2) is 72.8 Å². The Bertz CT molecular complexity index is 1030. The number of nitrogens with one attached hydrogen (secondary N) is 1. The van der Waals surface area contributed by atoms with Crippen molar-refractivity contribution in [3.8, 4) is 0 Å². The Balaban J connectivity index is 1.96. The molecular formula is C31H42N2O6. The lowest BCUT2D eigenvalue weighted by Crippen LogP contribution is -2.54. The van der Waals surface area contributed by atoms with Gasteiger partial charge >= 0.3 is 12.1 Å². The fourth-order valence-electron chi connectivity index (χ4n) is 3.66. The molecule has 0 aliphatic carbocycles. The van der Waals surface area contributed by atoms with E-state index in [4.69, 9.17) is 14.2 Å². The summed E-state index contributed by atoms with van der Waals surface area (Å²) in [5.74, 6) is -1.37. The summed E-state index contributed by atoms with van der Waals surface area (Å²) in [7, 11) is 0. The van der Waals surface area contributed by atoms with Gasteiger partial charge in [0, 0.05) is 19.7 Å². The van der Waals surface area contributed by atoms with E-state index in [0.717, 1.165) is 24.0 Å². The van der Waals surface area contributed by atoms with E-state index in [-0.39, 0.29) is 13.2 Å². The molecule has 0 radical (unpaired) electrons. The molecule has 2 aromatic rings. The second kappa shape index (κ2) is 17.0. The summed E-state index contributed by atoms with van der Waals surface area (Å²) in [6.07, 6.45) is 5.56. The number of benzene rings is 2. The van der Waals surface area contributed by atoms with Gasteiger partial charge in [0.15, 0.2) is 0 Å². The van der Waals surface area contributed by atoms with Crippen molar-refractivity contribution < 1.29 is 28.6 Å². The Morgan fingerprint density at radius 2 is 1.54 bits per heavy atom. The number of alkyl carbamates (subject to hydrolysis) is 1. The number of allylic oxidation sites excluding steroid dienone is 1. The molecule has 212 valence electrons. The van der Waals surface area contributed by atoms with Gasteiger partial charge in [0.25, 0.3) is 5.91 Å². The van der Waals surface area contributed by atoms with Crippen molar-refractivity contribution in [2.45, 2.75) is 71.8 Å². The Hall–Kier alpha value is -3.65. The van der Waals surface area contributed by atoms with Gasteiger partial charge in [-0.3, -0.25) is 10.1 Å². The highest BCUT2D eigenvalue weighted by Crippen LogP contribution is 2.11. The van der Waals surface area contributed by atoms with E-state index in [9.17, 15) is 14.4 Å². The van der Waals surface area contributed by atoms with Crippen molar-refractivity contribution in [3.05, 3.63) is 83.9 Å². The van der Waals surface area contributed by atoms with Crippen molar-refractivity contribution in [1.82, 2.24) is 10.2 Å². The number of amides is 2. The Labute approximate surface area is 232 Å². The quantitative estimate of drug-likeness (QED) is 0.141. The van der Waals surface area contributed by atoms with Crippen LogP contribution in [-0.2, 0) is 37.0 Å². The van der Waals surface area contributed by atoms with Gasteiger partial charge in [0.1, 0.15) is 5.60 Å². The highest BCUT2D eigenvalue weighted by Gasteiger charge is 2.34. The van der Waals surface area contributed by atoms with Crippen molar-refractivity contribution in [2.75, 3.05) is 19.8 Å². The maximum absolute atomic E-state index is 13.5. The fourth-order valence-corrected chi connectivity index (χ4v) is 3.66. The molecule has 8 heteroatoms. The van der Waals surface area contributed by atoms with E-state index in [1.165, 1.54) is 0 Å². The zero-order chi connectivity index (χ0) is 28.5. The van der Waals surface area contributed by atoms with Gasteiger partial charge in [-0.05, 0) is 58.1 Å². The summed E-state index contributed by atoms with van der Waals surface area (Å²) in [5, 5.41) is 2.41. The first-order valence-electron chi connectivity index (χ1n) is 13.4. The second-order valence-corrected chi connectivity index (χ2v) is 10.0. The largest absolute Gasteiger partial charge is 0.464 e. The first-order valence-corrected chi connectivity index (χ1v) is 13.4. The Kier molecular flexibility index (Phi) is 13.8. The van der Waals surface area contributed by atoms with Crippen LogP contribution in [0.1, 0.15) is 58.1 Å². The van der Waals surface area contributed by atoms with Crippen molar-refractivity contribution >= 4 is 18.0 Å². The second-order valence-electron chi connectivity index (χ2n) is 10.0. The molecule has 8 nitrogen and oxygen atoms in total. The molecule has 0 fully saturated rings. The van der Waals surface area contributed by atoms with Gasteiger partial charge in [0.2, 0.25) is 6.04 Å². The maximum Gasteiger partial charge on any atom is 0.408 e. The number of carbonyl (C=O) groups is 3. The minimum Gasteiger partial charge on any atom is -0.464 e. The molecule has 1 N–H and O–H groups in total. The number of carbonyl (C=O) groups excluding carboxylic acids is 3. The summed E-state index contributed by atoms with van der Waals surface area (Å²) < 4.78 is 16.1. The summed E-state index contributed by atoms with van der Waals surface area (Å²) in [6, 6.07) is 18.0. The van der Waals surface area contributed by atoms with Crippen LogP contribution in [0, 0.1) is 0 Å². The summed E-state index contributed by atoms with van der Waals surface area (Å²) in [5.41, 5.74) is 1.27. The van der Waals surface area contributed by atoms with Crippen LogP contribution in [0.5, 0.6) is 0 Å². The minimum absolute atomic E-state index is 0.0785. The van der Waals surface area contributed by atoms with Crippen LogP contribution in [0.2, 0.25) is 0 Å². The third kappa shape index (κ3) is 13.1. The van der Waals surface area contributed by atoms with Gasteiger partial charge < -0.3 is 19.1 Å².